The highest BCUT2D eigenvalue weighted by molar-refractivity contribution is 7.80. The van der Waals surface area contributed by atoms with Crippen molar-refractivity contribution in [1.82, 2.24) is 14.8 Å². The Hall–Kier alpha value is -2.21. The summed E-state index contributed by atoms with van der Waals surface area (Å²) in [5.41, 5.74) is 2.47. The van der Waals surface area contributed by atoms with Gasteiger partial charge in [0.05, 0.1) is 6.04 Å². The Morgan fingerprint density at radius 3 is 2.92 bits per heavy atom. The number of ether oxygens (including phenoxy) is 2. The zero-order valence-corrected chi connectivity index (χ0v) is 15.9. The van der Waals surface area contributed by atoms with Gasteiger partial charge in [0, 0.05) is 32.0 Å². The second-order valence-corrected chi connectivity index (χ2v) is 7.34. The molecule has 138 valence electrons. The maximum Gasteiger partial charge on any atom is 0.231 e. The second kappa shape index (κ2) is 7.58. The highest BCUT2D eigenvalue weighted by Gasteiger charge is 2.26. The van der Waals surface area contributed by atoms with E-state index in [1.165, 1.54) is 25.0 Å². The summed E-state index contributed by atoms with van der Waals surface area (Å²) in [5, 5.41) is 4.28. The number of nitrogens with zero attached hydrogens (tertiary/aromatic N) is 2. The lowest BCUT2D eigenvalue weighted by Crippen LogP contribution is -2.42. The second-order valence-electron chi connectivity index (χ2n) is 6.95. The molecule has 3 heterocycles. The molecule has 5 nitrogen and oxygen atoms in total. The SMILES string of the molecule is Cn1cccc1[C@@H]1CCCCCN1C(=S)NCc1ccc2c(c1)OCO2. The predicted molar refractivity (Wildman–Crippen MR) is 105 cm³/mol. The molecule has 0 spiro atoms. The molecule has 2 aromatic rings. The minimum Gasteiger partial charge on any atom is -0.454 e. The van der Waals surface area contributed by atoms with Crippen LogP contribution in [0.3, 0.4) is 0 Å². The molecule has 26 heavy (non-hydrogen) atoms. The van der Waals surface area contributed by atoms with Crippen LogP contribution in [0, 0.1) is 0 Å². The van der Waals surface area contributed by atoms with Crippen molar-refractivity contribution in [2.75, 3.05) is 13.3 Å². The number of fused-ring (bicyclic) bond motifs is 1. The maximum atomic E-state index is 5.78. The number of hydrogen-bond donors (Lipinski definition) is 1. The summed E-state index contributed by atoms with van der Waals surface area (Å²) in [6.45, 7) is 1.99. The Balaban J connectivity index is 1.45. The first-order chi connectivity index (χ1) is 12.7. The number of benzene rings is 1. The molecule has 1 atom stereocenters. The minimum atomic E-state index is 0.302. The summed E-state index contributed by atoms with van der Waals surface area (Å²) < 4.78 is 13.0. The quantitative estimate of drug-likeness (QED) is 0.832. The monoisotopic (exact) mass is 371 g/mol. The molecule has 0 aliphatic carbocycles. The fourth-order valence-corrected chi connectivity index (χ4v) is 4.10. The number of thiocarbonyl (C=S) groups is 1. The van der Waals surface area contributed by atoms with Gasteiger partial charge in [0.15, 0.2) is 16.6 Å². The largest absolute Gasteiger partial charge is 0.454 e. The van der Waals surface area contributed by atoms with Crippen LogP contribution in [0.1, 0.15) is 43.0 Å². The Morgan fingerprint density at radius 1 is 1.19 bits per heavy atom. The van der Waals surface area contributed by atoms with E-state index in [4.69, 9.17) is 21.7 Å². The van der Waals surface area contributed by atoms with Crippen molar-refractivity contribution in [2.45, 2.75) is 38.3 Å². The molecule has 6 heteroatoms. The third kappa shape index (κ3) is 3.51. The number of nitrogens with one attached hydrogen (secondary N) is 1. The Kier molecular flexibility index (Phi) is 5.02. The molecule has 0 radical (unpaired) electrons. The van der Waals surface area contributed by atoms with Crippen LogP contribution < -0.4 is 14.8 Å². The first-order valence-corrected chi connectivity index (χ1v) is 9.67. The fourth-order valence-electron chi connectivity index (χ4n) is 3.81. The lowest BCUT2D eigenvalue weighted by Gasteiger charge is -2.33. The van der Waals surface area contributed by atoms with Crippen LogP contribution in [0.5, 0.6) is 11.5 Å². The summed E-state index contributed by atoms with van der Waals surface area (Å²) in [5.74, 6) is 1.62. The van der Waals surface area contributed by atoms with Gasteiger partial charge >= 0.3 is 0 Å². The van der Waals surface area contributed by atoms with Gasteiger partial charge in [0.25, 0.3) is 0 Å². The van der Waals surface area contributed by atoms with Crippen LogP contribution in [-0.4, -0.2) is 27.9 Å². The van der Waals surface area contributed by atoms with Crippen molar-refractivity contribution in [1.29, 1.82) is 0 Å². The molecule has 4 rings (SSSR count). The summed E-state index contributed by atoms with van der Waals surface area (Å²) in [6.07, 6.45) is 6.96. The van der Waals surface area contributed by atoms with Gasteiger partial charge < -0.3 is 24.3 Å². The molecule has 1 aromatic heterocycles. The number of hydrogen-bond acceptors (Lipinski definition) is 3. The Morgan fingerprint density at radius 2 is 2.08 bits per heavy atom. The van der Waals surface area contributed by atoms with Gasteiger partial charge in [0.1, 0.15) is 0 Å². The number of aryl methyl sites for hydroxylation is 1. The highest BCUT2D eigenvalue weighted by atomic mass is 32.1. The van der Waals surface area contributed by atoms with E-state index in [0.29, 0.717) is 19.4 Å². The molecule has 1 N–H and O–H groups in total. The zero-order chi connectivity index (χ0) is 17.9. The third-order valence-corrected chi connectivity index (χ3v) is 5.60. The van der Waals surface area contributed by atoms with Crippen LogP contribution in [-0.2, 0) is 13.6 Å². The van der Waals surface area contributed by atoms with E-state index in [1.807, 2.05) is 12.1 Å². The van der Waals surface area contributed by atoms with Crippen molar-refractivity contribution in [3.63, 3.8) is 0 Å². The summed E-state index contributed by atoms with van der Waals surface area (Å²) in [7, 11) is 2.11. The van der Waals surface area contributed by atoms with E-state index in [1.54, 1.807) is 0 Å². The lowest BCUT2D eigenvalue weighted by atomic mass is 10.1. The van der Waals surface area contributed by atoms with Crippen molar-refractivity contribution in [3.8, 4) is 11.5 Å². The van der Waals surface area contributed by atoms with Crippen LogP contribution in [0.15, 0.2) is 36.5 Å². The van der Waals surface area contributed by atoms with E-state index < -0.39 is 0 Å². The maximum absolute atomic E-state index is 5.78. The van der Waals surface area contributed by atoms with Gasteiger partial charge in [-0.2, -0.15) is 0 Å². The molecule has 1 fully saturated rings. The molecule has 0 bridgehead atoms. The van der Waals surface area contributed by atoms with Gasteiger partial charge in [-0.15, -0.1) is 0 Å². The minimum absolute atomic E-state index is 0.302. The summed E-state index contributed by atoms with van der Waals surface area (Å²) >= 11 is 5.78. The van der Waals surface area contributed by atoms with Crippen molar-refractivity contribution >= 4 is 17.3 Å². The van der Waals surface area contributed by atoms with Crippen molar-refractivity contribution in [2.24, 2.45) is 7.05 Å². The van der Waals surface area contributed by atoms with E-state index in [9.17, 15) is 0 Å². The van der Waals surface area contributed by atoms with Crippen LogP contribution in [0.25, 0.3) is 0 Å². The third-order valence-electron chi connectivity index (χ3n) is 5.22. The molecule has 2 aliphatic rings. The topological polar surface area (TPSA) is 38.7 Å². The number of rotatable bonds is 3. The average molecular weight is 372 g/mol. The van der Waals surface area contributed by atoms with Gasteiger partial charge in [-0.3, -0.25) is 0 Å². The highest BCUT2D eigenvalue weighted by Crippen LogP contribution is 2.33. The molecule has 0 unspecified atom stereocenters. The van der Waals surface area contributed by atoms with E-state index in [-0.39, 0.29) is 0 Å². The summed E-state index contributed by atoms with van der Waals surface area (Å²) in [6, 6.07) is 10.7. The standard InChI is InChI=1S/C20H25N3O2S/c1-22-10-5-7-16(22)17-6-3-2-4-11-23(17)20(26)21-13-15-8-9-18-19(12-15)25-14-24-18/h5,7-10,12,17H,2-4,6,11,13-14H2,1H3,(H,21,26)/t17-/m0/s1. The molecule has 0 amide bonds. The first-order valence-electron chi connectivity index (χ1n) is 9.26. The fraction of sp³-hybridized carbons (Fsp3) is 0.450. The van der Waals surface area contributed by atoms with E-state index >= 15 is 0 Å². The molecular formula is C20H25N3O2S. The van der Waals surface area contributed by atoms with Gasteiger partial charge in [-0.05, 0) is 54.9 Å². The van der Waals surface area contributed by atoms with Crippen molar-refractivity contribution in [3.05, 3.63) is 47.8 Å². The number of aromatic nitrogens is 1. The molecule has 1 saturated heterocycles. The van der Waals surface area contributed by atoms with Gasteiger partial charge in [-0.25, -0.2) is 0 Å². The lowest BCUT2D eigenvalue weighted by molar-refractivity contribution is 0.174. The molecule has 2 aliphatic heterocycles. The van der Waals surface area contributed by atoms with Crippen LogP contribution >= 0.6 is 12.2 Å². The van der Waals surface area contributed by atoms with Crippen molar-refractivity contribution < 1.29 is 9.47 Å². The first kappa shape index (κ1) is 17.2. The van der Waals surface area contributed by atoms with E-state index in [2.05, 4.69) is 46.2 Å². The van der Waals surface area contributed by atoms with Gasteiger partial charge in [-0.1, -0.05) is 18.9 Å². The Labute approximate surface area is 159 Å². The predicted octanol–water partition coefficient (Wildman–Crippen LogP) is 3.75. The molecule has 1 aromatic carbocycles. The Bertz CT molecular complexity index is 789. The average Bonchev–Trinajstić information content (AvgIpc) is 3.21. The smallest absolute Gasteiger partial charge is 0.231 e. The molecule has 0 saturated carbocycles. The van der Waals surface area contributed by atoms with Gasteiger partial charge in [0.2, 0.25) is 6.79 Å². The normalized spacial score (nSPS) is 19.3. The molecular weight excluding hydrogens is 346 g/mol. The zero-order valence-electron chi connectivity index (χ0n) is 15.1. The van der Waals surface area contributed by atoms with Crippen LogP contribution in [0.2, 0.25) is 0 Å². The number of likely N-dealkylation sites (tertiary alicyclic amines) is 1. The van der Waals surface area contributed by atoms with E-state index in [0.717, 1.165) is 35.1 Å². The summed E-state index contributed by atoms with van der Waals surface area (Å²) in [4.78, 5) is 2.37. The van der Waals surface area contributed by atoms with Crippen LogP contribution in [0.4, 0.5) is 0 Å².